The average Bonchev–Trinajstić information content (AvgIpc) is 2.86. The Labute approximate surface area is 118 Å². The van der Waals surface area contributed by atoms with E-state index in [1.165, 1.54) is 38.9 Å². The van der Waals surface area contributed by atoms with E-state index >= 15 is 0 Å². The SMILES string of the molecule is CCCNC1CCOCC1CN1CCC(N(C)C)C1. The van der Waals surface area contributed by atoms with Gasteiger partial charge in [0.1, 0.15) is 0 Å². The third-order valence-electron chi connectivity index (χ3n) is 4.60. The first-order valence-corrected chi connectivity index (χ1v) is 7.90. The quantitative estimate of drug-likeness (QED) is 0.779. The van der Waals surface area contributed by atoms with Gasteiger partial charge in [-0.25, -0.2) is 0 Å². The van der Waals surface area contributed by atoms with Gasteiger partial charge in [-0.2, -0.15) is 0 Å². The minimum Gasteiger partial charge on any atom is -0.381 e. The third-order valence-corrected chi connectivity index (χ3v) is 4.60. The molecule has 3 atom stereocenters. The van der Waals surface area contributed by atoms with Gasteiger partial charge >= 0.3 is 0 Å². The fraction of sp³-hybridized carbons (Fsp3) is 1.00. The summed E-state index contributed by atoms with van der Waals surface area (Å²) in [6, 6.07) is 1.40. The highest BCUT2D eigenvalue weighted by Crippen LogP contribution is 2.20. The van der Waals surface area contributed by atoms with Crippen molar-refractivity contribution in [2.24, 2.45) is 5.92 Å². The highest BCUT2D eigenvalue weighted by molar-refractivity contribution is 4.86. The van der Waals surface area contributed by atoms with Crippen molar-refractivity contribution in [3.63, 3.8) is 0 Å². The molecular formula is C15H31N3O. The van der Waals surface area contributed by atoms with Crippen LogP contribution in [0.2, 0.25) is 0 Å². The molecule has 2 rings (SSSR count). The number of hydrogen-bond donors (Lipinski definition) is 1. The summed E-state index contributed by atoms with van der Waals surface area (Å²) in [6.07, 6.45) is 3.71. The molecule has 1 N–H and O–H groups in total. The van der Waals surface area contributed by atoms with E-state index < -0.39 is 0 Å². The first-order valence-electron chi connectivity index (χ1n) is 7.90. The van der Waals surface area contributed by atoms with Crippen LogP contribution in [0, 0.1) is 5.92 Å². The summed E-state index contributed by atoms with van der Waals surface area (Å²) in [6.45, 7) is 8.92. The Morgan fingerprint density at radius 3 is 2.84 bits per heavy atom. The smallest absolute Gasteiger partial charge is 0.0521 e. The van der Waals surface area contributed by atoms with Crippen LogP contribution in [-0.2, 0) is 4.74 Å². The molecule has 0 saturated carbocycles. The summed E-state index contributed by atoms with van der Waals surface area (Å²) in [7, 11) is 4.40. The lowest BCUT2D eigenvalue weighted by atomic mass is 9.95. The number of likely N-dealkylation sites (tertiary alicyclic amines) is 1. The van der Waals surface area contributed by atoms with Gasteiger partial charge in [-0.05, 0) is 46.4 Å². The molecule has 0 aromatic heterocycles. The van der Waals surface area contributed by atoms with E-state index in [1.54, 1.807) is 0 Å². The summed E-state index contributed by atoms with van der Waals surface area (Å²) in [5, 5.41) is 3.71. The predicted molar refractivity (Wildman–Crippen MR) is 79.5 cm³/mol. The number of rotatable bonds is 6. The third kappa shape index (κ3) is 4.42. The summed E-state index contributed by atoms with van der Waals surface area (Å²) in [4.78, 5) is 4.99. The van der Waals surface area contributed by atoms with Crippen molar-refractivity contribution >= 4 is 0 Å². The molecule has 0 aromatic rings. The summed E-state index contributed by atoms with van der Waals surface area (Å²) in [5.74, 6) is 0.668. The maximum absolute atomic E-state index is 5.70. The van der Waals surface area contributed by atoms with Gasteiger partial charge < -0.3 is 19.9 Å². The number of ether oxygens (including phenoxy) is 1. The molecule has 0 bridgehead atoms. The Morgan fingerprint density at radius 1 is 1.32 bits per heavy atom. The van der Waals surface area contributed by atoms with E-state index in [0.717, 1.165) is 25.8 Å². The van der Waals surface area contributed by atoms with E-state index in [4.69, 9.17) is 4.74 Å². The van der Waals surface area contributed by atoms with Crippen LogP contribution in [0.3, 0.4) is 0 Å². The maximum atomic E-state index is 5.70. The van der Waals surface area contributed by atoms with Gasteiger partial charge in [0, 0.05) is 37.7 Å². The molecular weight excluding hydrogens is 238 g/mol. The van der Waals surface area contributed by atoms with Gasteiger partial charge in [0.2, 0.25) is 0 Å². The van der Waals surface area contributed by atoms with Crippen LogP contribution in [0.25, 0.3) is 0 Å². The Morgan fingerprint density at radius 2 is 2.16 bits per heavy atom. The van der Waals surface area contributed by atoms with Crippen molar-refractivity contribution in [1.82, 2.24) is 15.1 Å². The molecule has 0 amide bonds. The van der Waals surface area contributed by atoms with Crippen molar-refractivity contribution in [3.05, 3.63) is 0 Å². The molecule has 0 aromatic carbocycles. The van der Waals surface area contributed by atoms with Gasteiger partial charge in [-0.15, -0.1) is 0 Å². The van der Waals surface area contributed by atoms with Gasteiger partial charge in [0.05, 0.1) is 6.61 Å². The van der Waals surface area contributed by atoms with Crippen molar-refractivity contribution in [2.75, 3.05) is 53.5 Å². The van der Waals surface area contributed by atoms with Crippen LogP contribution >= 0.6 is 0 Å². The Bertz CT molecular complexity index is 260. The average molecular weight is 269 g/mol. The largest absolute Gasteiger partial charge is 0.381 e. The first kappa shape index (κ1) is 15.2. The van der Waals surface area contributed by atoms with Crippen LogP contribution in [0.5, 0.6) is 0 Å². The number of nitrogens with zero attached hydrogens (tertiary/aromatic N) is 2. The van der Waals surface area contributed by atoms with Gasteiger partial charge in [-0.1, -0.05) is 6.92 Å². The van der Waals surface area contributed by atoms with Crippen molar-refractivity contribution in [3.8, 4) is 0 Å². The van der Waals surface area contributed by atoms with Crippen LogP contribution in [0.15, 0.2) is 0 Å². The molecule has 0 aliphatic carbocycles. The number of likely N-dealkylation sites (N-methyl/N-ethyl adjacent to an activating group) is 1. The molecule has 0 radical (unpaired) electrons. The zero-order valence-corrected chi connectivity index (χ0v) is 12.9. The monoisotopic (exact) mass is 269 g/mol. The van der Waals surface area contributed by atoms with Crippen LogP contribution in [0.1, 0.15) is 26.2 Å². The molecule has 4 nitrogen and oxygen atoms in total. The maximum Gasteiger partial charge on any atom is 0.0521 e. The Balaban J connectivity index is 1.79. The first-order chi connectivity index (χ1) is 9.20. The van der Waals surface area contributed by atoms with Crippen molar-refractivity contribution < 1.29 is 4.74 Å². The predicted octanol–water partition coefficient (Wildman–Crippen LogP) is 1.03. The lowest BCUT2D eigenvalue weighted by molar-refractivity contribution is 0.0189. The molecule has 4 heteroatoms. The van der Waals surface area contributed by atoms with Gasteiger partial charge in [-0.3, -0.25) is 0 Å². The molecule has 0 spiro atoms. The summed E-state index contributed by atoms with van der Waals surface area (Å²) in [5.41, 5.74) is 0. The van der Waals surface area contributed by atoms with E-state index in [2.05, 4.69) is 36.1 Å². The second kappa shape index (κ2) is 7.58. The molecule has 112 valence electrons. The molecule has 3 unspecified atom stereocenters. The number of hydrogen-bond acceptors (Lipinski definition) is 4. The molecule has 2 fully saturated rings. The van der Waals surface area contributed by atoms with Crippen LogP contribution in [0.4, 0.5) is 0 Å². The topological polar surface area (TPSA) is 27.7 Å². The zero-order valence-electron chi connectivity index (χ0n) is 12.9. The van der Waals surface area contributed by atoms with E-state index in [-0.39, 0.29) is 0 Å². The fourth-order valence-corrected chi connectivity index (χ4v) is 3.31. The minimum absolute atomic E-state index is 0.659. The molecule has 2 aliphatic heterocycles. The van der Waals surface area contributed by atoms with Crippen molar-refractivity contribution in [1.29, 1.82) is 0 Å². The standard InChI is InChI=1S/C15H31N3O/c1-4-7-16-15-6-9-19-12-13(15)10-18-8-5-14(11-18)17(2)3/h13-16H,4-12H2,1-3H3. The molecule has 2 saturated heterocycles. The molecule has 2 heterocycles. The van der Waals surface area contributed by atoms with Crippen LogP contribution < -0.4 is 5.32 Å². The highest BCUT2D eigenvalue weighted by Gasteiger charge is 2.30. The second-order valence-corrected chi connectivity index (χ2v) is 6.35. The van der Waals surface area contributed by atoms with Crippen molar-refractivity contribution in [2.45, 2.75) is 38.3 Å². The van der Waals surface area contributed by atoms with Gasteiger partial charge in [0.25, 0.3) is 0 Å². The second-order valence-electron chi connectivity index (χ2n) is 6.35. The Kier molecular flexibility index (Phi) is 6.07. The van der Waals surface area contributed by atoms with E-state index in [0.29, 0.717) is 12.0 Å². The summed E-state index contributed by atoms with van der Waals surface area (Å²) >= 11 is 0. The van der Waals surface area contributed by atoms with Crippen LogP contribution in [-0.4, -0.2) is 75.4 Å². The van der Waals surface area contributed by atoms with E-state index in [9.17, 15) is 0 Å². The fourth-order valence-electron chi connectivity index (χ4n) is 3.31. The minimum atomic E-state index is 0.659. The molecule has 19 heavy (non-hydrogen) atoms. The Hall–Kier alpha value is -0.160. The highest BCUT2D eigenvalue weighted by atomic mass is 16.5. The summed E-state index contributed by atoms with van der Waals surface area (Å²) < 4.78 is 5.70. The van der Waals surface area contributed by atoms with Gasteiger partial charge in [0.15, 0.2) is 0 Å². The lowest BCUT2D eigenvalue weighted by Crippen LogP contribution is -2.48. The molecule has 2 aliphatic rings. The lowest BCUT2D eigenvalue weighted by Gasteiger charge is -2.35. The number of nitrogens with one attached hydrogen (secondary N) is 1. The zero-order chi connectivity index (χ0) is 13.7. The normalized spacial score (nSPS) is 33.2. The van der Waals surface area contributed by atoms with E-state index in [1.807, 2.05) is 0 Å².